The Kier molecular flexibility index (Phi) is 8.50. The second-order valence-electron chi connectivity index (χ2n) is 8.89. The van der Waals surface area contributed by atoms with Crippen molar-refractivity contribution in [3.05, 3.63) is 53.7 Å². The molecule has 0 fully saturated rings. The van der Waals surface area contributed by atoms with Crippen molar-refractivity contribution in [2.24, 2.45) is 0 Å². The van der Waals surface area contributed by atoms with Crippen LogP contribution in [0, 0.1) is 13.8 Å². The molecule has 0 aliphatic heterocycles. The number of hydrogen-bond donors (Lipinski definition) is 1. The summed E-state index contributed by atoms with van der Waals surface area (Å²) in [4.78, 5) is 17.4. The molecular formula is C24H31N9O5S. The molecule has 0 saturated heterocycles. The van der Waals surface area contributed by atoms with Gasteiger partial charge in [0, 0.05) is 32.0 Å². The van der Waals surface area contributed by atoms with Crippen LogP contribution in [-0.4, -0.2) is 67.2 Å². The van der Waals surface area contributed by atoms with E-state index < -0.39 is 27.4 Å². The number of ether oxygens (including phenoxy) is 2. The van der Waals surface area contributed by atoms with Gasteiger partial charge >= 0.3 is 0 Å². The third-order valence-electron chi connectivity index (χ3n) is 5.87. The minimum Gasteiger partial charge on any atom is -0.481 e. The minimum absolute atomic E-state index is 0.0597. The number of rotatable bonds is 12. The summed E-state index contributed by atoms with van der Waals surface area (Å²) in [5, 5.41) is 11.3. The van der Waals surface area contributed by atoms with Gasteiger partial charge in [-0.2, -0.15) is 4.98 Å². The molecular weight excluding hydrogens is 526 g/mol. The van der Waals surface area contributed by atoms with Crippen molar-refractivity contribution in [3.8, 4) is 17.4 Å². The highest BCUT2D eigenvalue weighted by molar-refractivity contribution is 7.93. The predicted octanol–water partition coefficient (Wildman–Crippen LogP) is 3.05. The van der Waals surface area contributed by atoms with Gasteiger partial charge in [-0.3, -0.25) is 9.29 Å². The van der Waals surface area contributed by atoms with Crippen LogP contribution in [0.25, 0.3) is 11.5 Å². The number of nitrogens with one attached hydrogen (secondary N) is 1. The predicted molar refractivity (Wildman–Crippen MR) is 140 cm³/mol. The molecule has 4 rings (SSSR count). The minimum atomic E-state index is -4.10. The third-order valence-corrected chi connectivity index (χ3v) is 7.56. The van der Waals surface area contributed by atoms with E-state index in [4.69, 9.17) is 14.0 Å². The van der Waals surface area contributed by atoms with E-state index in [0.717, 1.165) is 5.56 Å². The topological polar surface area (TPSA) is 173 Å². The second-order valence-corrected chi connectivity index (χ2v) is 10.9. The molecule has 39 heavy (non-hydrogen) atoms. The Bertz CT molecular complexity index is 1500. The van der Waals surface area contributed by atoms with Crippen molar-refractivity contribution in [1.82, 2.24) is 39.9 Å². The monoisotopic (exact) mass is 557 g/mol. The molecule has 14 nitrogen and oxygen atoms in total. The Morgan fingerprint density at radius 2 is 1.82 bits per heavy atom. The van der Waals surface area contributed by atoms with Gasteiger partial charge in [-0.1, -0.05) is 18.1 Å². The van der Waals surface area contributed by atoms with E-state index in [1.807, 2.05) is 13.8 Å². The Balaban J connectivity index is 1.74. The average Bonchev–Trinajstić information content (AvgIpc) is 3.55. The van der Waals surface area contributed by atoms with Gasteiger partial charge in [0.05, 0.1) is 13.2 Å². The normalized spacial score (nSPS) is 14.1. The fourth-order valence-electron chi connectivity index (χ4n) is 3.75. The molecule has 208 valence electrons. The van der Waals surface area contributed by atoms with Crippen molar-refractivity contribution in [2.45, 2.75) is 58.4 Å². The van der Waals surface area contributed by atoms with Crippen LogP contribution in [0.4, 0.5) is 5.95 Å². The van der Waals surface area contributed by atoms with Crippen LogP contribution in [-0.2, 0) is 14.8 Å². The molecule has 4 aromatic rings. The zero-order chi connectivity index (χ0) is 28.2. The highest BCUT2D eigenvalue weighted by Gasteiger charge is 2.35. The van der Waals surface area contributed by atoms with Crippen molar-refractivity contribution in [1.29, 1.82) is 0 Å². The number of nitrogens with zero attached hydrogens (tertiary/aromatic N) is 8. The molecule has 0 aromatic carbocycles. The zero-order valence-electron chi connectivity index (χ0n) is 22.6. The van der Waals surface area contributed by atoms with Gasteiger partial charge in [-0.15, -0.1) is 10.2 Å². The number of methoxy groups -OCH3 is 1. The fourth-order valence-corrected chi connectivity index (χ4v) is 4.86. The van der Waals surface area contributed by atoms with Crippen molar-refractivity contribution >= 4 is 16.0 Å². The maximum Gasteiger partial charge on any atom is 0.240 e. The first kappa shape index (κ1) is 28.0. The first-order valence-electron chi connectivity index (χ1n) is 12.3. The van der Waals surface area contributed by atoms with Crippen molar-refractivity contribution in [2.75, 3.05) is 18.4 Å². The number of pyridine rings is 1. The van der Waals surface area contributed by atoms with Gasteiger partial charge in [-0.25, -0.2) is 23.4 Å². The molecule has 0 amide bonds. The molecule has 3 atom stereocenters. The summed E-state index contributed by atoms with van der Waals surface area (Å²) in [7, 11) is -2.61. The highest BCUT2D eigenvalue weighted by atomic mass is 32.2. The van der Waals surface area contributed by atoms with Gasteiger partial charge in [-0.05, 0) is 38.8 Å². The highest BCUT2D eigenvalue weighted by Crippen LogP contribution is 2.30. The van der Waals surface area contributed by atoms with Gasteiger partial charge in [0.15, 0.2) is 17.5 Å². The van der Waals surface area contributed by atoms with Crippen LogP contribution in [0.15, 0.2) is 35.1 Å². The van der Waals surface area contributed by atoms with E-state index in [1.54, 1.807) is 49.0 Å². The summed E-state index contributed by atoms with van der Waals surface area (Å²) in [5.41, 5.74) is 1.25. The second kappa shape index (κ2) is 11.8. The average molecular weight is 558 g/mol. The molecule has 0 unspecified atom stereocenters. The van der Waals surface area contributed by atoms with E-state index in [2.05, 4.69) is 40.0 Å². The molecule has 4 heterocycles. The third kappa shape index (κ3) is 6.20. The molecule has 0 aliphatic carbocycles. The van der Waals surface area contributed by atoms with Crippen molar-refractivity contribution in [3.63, 3.8) is 0 Å². The van der Waals surface area contributed by atoms with Crippen LogP contribution >= 0.6 is 0 Å². The van der Waals surface area contributed by atoms with E-state index in [0.29, 0.717) is 36.3 Å². The molecule has 0 aliphatic rings. The van der Waals surface area contributed by atoms with E-state index >= 15 is 0 Å². The Labute approximate surface area is 226 Å². The SMILES string of the molecule is CCCO[C@@H](c1ncc(C)cn1)[C@H](C)S(=O)(=O)Nc1nnc(-c2cccc(OC)n2)n1[C@@H](C)c1noc(C)n1. The standard InChI is InChI=1S/C24H31N9O5S/c1-7-11-37-20(22-25-12-14(2)13-26-22)16(4)39(34,35)32-24-30-29-23(18-9-8-10-19(28-18)36-6)33(24)15(3)21-27-17(5)38-31-21/h8-10,12-13,15-16,20H,7,11H2,1-6H3,(H,30,32)/t15-,16-,20+/m0/s1. The number of aryl methyl sites for hydroxylation is 2. The van der Waals surface area contributed by atoms with E-state index in [-0.39, 0.29) is 17.6 Å². The fraction of sp³-hybridized carbons (Fsp3) is 0.458. The molecule has 15 heteroatoms. The largest absolute Gasteiger partial charge is 0.481 e. The number of aromatic nitrogens is 8. The summed E-state index contributed by atoms with van der Waals surface area (Å²) >= 11 is 0. The zero-order valence-corrected chi connectivity index (χ0v) is 23.4. The number of sulfonamides is 1. The van der Waals surface area contributed by atoms with Gasteiger partial charge in [0.25, 0.3) is 0 Å². The first-order valence-corrected chi connectivity index (χ1v) is 13.9. The number of hydrogen-bond acceptors (Lipinski definition) is 12. The summed E-state index contributed by atoms with van der Waals surface area (Å²) in [6, 6.07) is 4.51. The van der Waals surface area contributed by atoms with Crippen LogP contribution in [0.3, 0.4) is 0 Å². The molecule has 1 N–H and O–H groups in total. The van der Waals surface area contributed by atoms with Gasteiger partial charge < -0.3 is 14.0 Å². The smallest absolute Gasteiger partial charge is 0.240 e. The van der Waals surface area contributed by atoms with Gasteiger partial charge in [0.2, 0.25) is 27.7 Å². The lowest BCUT2D eigenvalue weighted by molar-refractivity contribution is 0.0466. The van der Waals surface area contributed by atoms with E-state index in [9.17, 15) is 8.42 Å². The van der Waals surface area contributed by atoms with E-state index in [1.165, 1.54) is 14.0 Å². The maximum absolute atomic E-state index is 13.7. The summed E-state index contributed by atoms with van der Waals surface area (Å²) in [6.07, 6.45) is 3.01. The molecule has 0 saturated carbocycles. The lowest BCUT2D eigenvalue weighted by atomic mass is 10.2. The molecule has 0 spiro atoms. The Morgan fingerprint density at radius 3 is 2.46 bits per heavy atom. The Hall–Kier alpha value is -3.98. The lowest BCUT2D eigenvalue weighted by Gasteiger charge is -2.24. The quantitative estimate of drug-likeness (QED) is 0.270. The maximum atomic E-state index is 13.7. The summed E-state index contributed by atoms with van der Waals surface area (Å²) in [5.74, 6) is 1.50. The number of anilines is 1. The first-order chi connectivity index (χ1) is 18.6. The lowest BCUT2D eigenvalue weighted by Crippen LogP contribution is -2.34. The van der Waals surface area contributed by atoms with Crippen molar-refractivity contribution < 1.29 is 22.4 Å². The molecule has 0 radical (unpaired) electrons. The summed E-state index contributed by atoms with van der Waals surface area (Å²) in [6.45, 7) is 9.07. The van der Waals surface area contributed by atoms with Crippen LogP contribution in [0.1, 0.15) is 62.4 Å². The summed E-state index contributed by atoms with van der Waals surface area (Å²) < 4.78 is 47.8. The van der Waals surface area contributed by atoms with Crippen LogP contribution < -0.4 is 9.46 Å². The molecule has 0 bridgehead atoms. The van der Waals surface area contributed by atoms with Crippen LogP contribution in [0.5, 0.6) is 5.88 Å². The molecule has 4 aromatic heterocycles. The Morgan fingerprint density at radius 1 is 1.08 bits per heavy atom. The van der Waals surface area contributed by atoms with Crippen LogP contribution in [0.2, 0.25) is 0 Å². The van der Waals surface area contributed by atoms with Gasteiger partial charge in [0.1, 0.15) is 17.0 Å².